The highest BCUT2D eigenvalue weighted by Gasteiger charge is 2.12. The number of nitriles is 1. The van der Waals surface area contributed by atoms with Crippen LogP contribution >= 0.6 is 11.8 Å². The predicted molar refractivity (Wildman–Crippen MR) is 82.5 cm³/mol. The third-order valence-electron chi connectivity index (χ3n) is 3.01. The maximum atomic E-state index is 8.74. The van der Waals surface area contributed by atoms with Crippen LogP contribution in [0.25, 0.3) is 0 Å². The van der Waals surface area contributed by atoms with Crippen molar-refractivity contribution in [1.29, 1.82) is 5.26 Å². The molecule has 0 aliphatic rings. The molecule has 1 aromatic heterocycles. The molecule has 5 heteroatoms. The van der Waals surface area contributed by atoms with Crippen LogP contribution in [0.1, 0.15) is 16.8 Å². The fraction of sp³-hybridized carbons (Fsp3) is 0.250. The first-order valence-electron chi connectivity index (χ1n) is 6.44. The maximum Gasteiger partial charge on any atom is 0.292 e. The smallest absolute Gasteiger partial charge is 0.292 e. The molecule has 0 atom stereocenters. The topological polar surface area (TPSA) is 55.1 Å². The molecule has 0 N–H and O–H groups in total. The fourth-order valence-corrected chi connectivity index (χ4v) is 2.53. The van der Waals surface area contributed by atoms with Gasteiger partial charge in [0.25, 0.3) is 6.26 Å². The standard InChI is InChI=1S/C16H16N2O2S/c1-11-7-8-12(2)18-16(11)19-9-13-14(20-10-17)5-4-6-15(13)21-3/h4-8H,9H2,1-3H3. The molecule has 0 spiro atoms. The summed E-state index contributed by atoms with van der Waals surface area (Å²) >= 11 is 1.59. The van der Waals surface area contributed by atoms with Gasteiger partial charge >= 0.3 is 0 Å². The molecule has 0 radical (unpaired) electrons. The van der Waals surface area contributed by atoms with Crippen LogP contribution in [-0.2, 0) is 6.61 Å². The van der Waals surface area contributed by atoms with Gasteiger partial charge < -0.3 is 9.47 Å². The normalized spacial score (nSPS) is 10.0. The number of aromatic nitrogens is 1. The number of thioether (sulfide) groups is 1. The number of nitrogens with zero attached hydrogens (tertiary/aromatic N) is 2. The third kappa shape index (κ3) is 3.67. The van der Waals surface area contributed by atoms with Gasteiger partial charge in [0, 0.05) is 21.7 Å². The molecule has 21 heavy (non-hydrogen) atoms. The second-order valence-electron chi connectivity index (χ2n) is 4.49. The zero-order chi connectivity index (χ0) is 15.2. The van der Waals surface area contributed by atoms with E-state index in [9.17, 15) is 0 Å². The number of pyridine rings is 1. The molecule has 2 aromatic rings. The van der Waals surface area contributed by atoms with Crippen LogP contribution in [0.15, 0.2) is 35.2 Å². The van der Waals surface area contributed by atoms with Crippen molar-refractivity contribution in [3.05, 3.63) is 47.2 Å². The van der Waals surface area contributed by atoms with Crippen molar-refractivity contribution in [2.75, 3.05) is 6.26 Å². The second kappa shape index (κ2) is 7.00. The summed E-state index contributed by atoms with van der Waals surface area (Å²) in [5.74, 6) is 1.13. The Morgan fingerprint density at radius 2 is 2.05 bits per heavy atom. The van der Waals surface area contributed by atoms with Gasteiger partial charge in [-0.25, -0.2) is 4.98 Å². The van der Waals surface area contributed by atoms with E-state index in [0.29, 0.717) is 18.2 Å². The van der Waals surface area contributed by atoms with E-state index in [0.717, 1.165) is 21.7 Å². The van der Waals surface area contributed by atoms with Crippen LogP contribution < -0.4 is 9.47 Å². The molecule has 1 aromatic carbocycles. The number of aryl methyl sites for hydroxylation is 2. The highest BCUT2D eigenvalue weighted by Crippen LogP contribution is 2.30. The average molecular weight is 300 g/mol. The first-order chi connectivity index (χ1) is 10.2. The summed E-state index contributed by atoms with van der Waals surface area (Å²) in [6, 6.07) is 9.52. The minimum absolute atomic E-state index is 0.311. The summed E-state index contributed by atoms with van der Waals surface area (Å²) in [6.07, 6.45) is 3.69. The highest BCUT2D eigenvalue weighted by molar-refractivity contribution is 7.98. The first kappa shape index (κ1) is 15.2. The summed E-state index contributed by atoms with van der Waals surface area (Å²) in [6.45, 7) is 4.19. The summed E-state index contributed by atoms with van der Waals surface area (Å²) in [5.41, 5.74) is 2.74. The Morgan fingerprint density at radius 3 is 2.76 bits per heavy atom. The maximum absolute atomic E-state index is 8.74. The van der Waals surface area contributed by atoms with E-state index in [4.69, 9.17) is 14.7 Å². The molecule has 0 fully saturated rings. The zero-order valence-corrected chi connectivity index (χ0v) is 13.0. The second-order valence-corrected chi connectivity index (χ2v) is 5.34. The molecule has 108 valence electrons. The van der Waals surface area contributed by atoms with Crippen LogP contribution in [0.2, 0.25) is 0 Å². The lowest BCUT2D eigenvalue weighted by Crippen LogP contribution is -2.03. The van der Waals surface area contributed by atoms with Crippen LogP contribution in [0.3, 0.4) is 0 Å². The van der Waals surface area contributed by atoms with E-state index in [1.54, 1.807) is 24.1 Å². The molecule has 0 amide bonds. The van der Waals surface area contributed by atoms with Crippen LogP contribution in [0, 0.1) is 25.4 Å². The largest absolute Gasteiger partial charge is 0.472 e. The Morgan fingerprint density at radius 1 is 1.24 bits per heavy atom. The number of ether oxygens (including phenoxy) is 2. The Labute approximate surface area is 128 Å². The predicted octanol–water partition coefficient (Wildman–Crippen LogP) is 3.86. The SMILES string of the molecule is CSc1cccc(OC#N)c1COc1nc(C)ccc1C. The lowest BCUT2D eigenvalue weighted by Gasteiger charge is -2.13. The summed E-state index contributed by atoms with van der Waals surface area (Å²) in [5, 5.41) is 8.74. The zero-order valence-electron chi connectivity index (χ0n) is 12.2. The van der Waals surface area contributed by atoms with Gasteiger partial charge in [-0.05, 0) is 38.3 Å². The van der Waals surface area contributed by atoms with Crippen molar-refractivity contribution in [3.63, 3.8) is 0 Å². The van der Waals surface area contributed by atoms with Crippen molar-refractivity contribution in [2.24, 2.45) is 0 Å². The van der Waals surface area contributed by atoms with E-state index < -0.39 is 0 Å². The van der Waals surface area contributed by atoms with E-state index in [1.165, 1.54) is 0 Å². The lowest BCUT2D eigenvalue weighted by atomic mass is 10.2. The van der Waals surface area contributed by atoms with E-state index >= 15 is 0 Å². The molecule has 0 aliphatic carbocycles. The lowest BCUT2D eigenvalue weighted by molar-refractivity contribution is 0.283. The number of rotatable bonds is 5. The van der Waals surface area contributed by atoms with Crippen molar-refractivity contribution >= 4 is 11.8 Å². The van der Waals surface area contributed by atoms with Gasteiger partial charge in [-0.1, -0.05) is 12.1 Å². The summed E-state index contributed by atoms with van der Waals surface area (Å²) in [4.78, 5) is 5.41. The molecule has 0 saturated heterocycles. The molecular weight excluding hydrogens is 284 g/mol. The van der Waals surface area contributed by atoms with Gasteiger partial charge in [0.05, 0.1) is 0 Å². The summed E-state index contributed by atoms with van der Waals surface area (Å²) < 4.78 is 10.8. The van der Waals surface area contributed by atoms with Gasteiger partial charge in [-0.2, -0.15) is 0 Å². The summed E-state index contributed by atoms with van der Waals surface area (Å²) in [7, 11) is 0. The number of hydrogen-bond donors (Lipinski definition) is 0. The fourth-order valence-electron chi connectivity index (χ4n) is 1.91. The van der Waals surface area contributed by atoms with Crippen LogP contribution in [0.5, 0.6) is 11.6 Å². The van der Waals surface area contributed by atoms with Crippen LogP contribution in [0.4, 0.5) is 0 Å². The van der Waals surface area contributed by atoms with Gasteiger partial charge in [-0.15, -0.1) is 17.0 Å². The van der Waals surface area contributed by atoms with Gasteiger partial charge in [0.15, 0.2) is 0 Å². The van der Waals surface area contributed by atoms with Gasteiger partial charge in [0.1, 0.15) is 12.4 Å². The molecule has 2 rings (SSSR count). The third-order valence-corrected chi connectivity index (χ3v) is 3.83. The van der Waals surface area contributed by atoms with Crippen molar-refractivity contribution < 1.29 is 9.47 Å². The molecule has 0 unspecified atom stereocenters. The molecule has 0 aliphatic heterocycles. The quantitative estimate of drug-likeness (QED) is 0.620. The molecule has 4 nitrogen and oxygen atoms in total. The van der Waals surface area contributed by atoms with Crippen molar-refractivity contribution in [3.8, 4) is 17.9 Å². The Balaban J connectivity index is 2.26. The van der Waals surface area contributed by atoms with E-state index in [-0.39, 0.29) is 0 Å². The number of benzene rings is 1. The average Bonchev–Trinajstić information content (AvgIpc) is 2.49. The van der Waals surface area contributed by atoms with Gasteiger partial charge in [0.2, 0.25) is 5.88 Å². The van der Waals surface area contributed by atoms with Crippen molar-refractivity contribution in [1.82, 2.24) is 4.98 Å². The molecule has 0 bridgehead atoms. The minimum Gasteiger partial charge on any atom is -0.472 e. The number of hydrogen-bond acceptors (Lipinski definition) is 5. The van der Waals surface area contributed by atoms with Crippen LogP contribution in [-0.4, -0.2) is 11.2 Å². The Kier molecular flexibility index (Phi) is 5.07. The van der Waals surface area contributed by atoms with Crippen molar-refractivity contribution in [2.45, 2.75) is 25.3 Å². The minimum atomic E-state index is 0.311. The Hall–Kier alpha value is -2.19. The monoisotopic (exact) mass is 300 g/mol. The molecular formula is C16H16N2O2S. The van der Waals surface area contributed by atoms with E-state index in [1.807, 2.05) is 44.4 Å². The molecule has 0 saturated carbocycles. The molecule has 1 heterocycles. The van der Waals surface area contributed by atoms with E-state index in [2.05, 4.69) is 4.98 Å². The van der Waals surface area contributed by atoms with Gasteiger partial charge in [-0.3, -0.25) is 0 Å². The highest BCUT2D eigenvalue weighted by atomic mass is 32.2. The Bertz CT molecular complexity index is 680. The first-order valence-corrected chi connectivity index (χ1v) is 7.67.